The highest BCUT2D eigenvalue weighted by Gasteiger charge is 2.35. The normalized spacial score (nSPS) is 19.4. The molecule has 2 fully saturated rings. The van der Waals surface area contributed by atoms with Crippen molar-refractivity contribution in [2.75, 3.05) is 31.1 Å². The fraction of sp³-hybridized carbons (Fsp3) is 0.484. The maximum atomic E-state index is 16.4. The number of nitriles is 1. The quantitative estimate of drug-likeness (QED) is 0.263. The Morgan fingerprint density at radius 2 is 2.02 bits per heavy atom. The molecule has 5 heterocycles. The zero-order valence-corrected chi connectivity index (χ0v) is 25.9. The minimum Gasteiger partial charge on any atom is -0.444 e. The summed E-state index contributed by atoms with van der Waals surface area (Å²) in [5.74, 6) is -0.115. The zero-order valence-electron chi connectivity index (χ0n) is 25.2. The van der Waals surface area contributed by atoms with Crippen LogP contribution in [0.15, 0.2) is 24.8 Å². The Morgan fingerprint density at radius 3 is 2.75 bits per heavy atom. The van der Waals surface area contributed by atoms with E-state index in [2.05, 4.69) is 26.1 Å². The van der Waals surface area contributed by atoms with E-state index in [0.717, 1.165) is 30.2 Å². The molecule has 0 aliphatic carbocycles. The van der Waals surface area contributed by atoms with Gasteiger partial charge in [0.2, 0.25) is 0 Å². The molecule has 2 aliphatic rings. The number of aromatic nitrogens is 5. The van der Waals surface area contributed by atoms with Crippen molar-refractivity contribution in [1.29, 1.82) is 5.26 Å². The van der Waals surface area contributed by atoms with Gasteiger partial charge >= 0.3 is 6.09 Å². The van der Waals surface area contributed by atoms with Gasteiger partial charge in [0, 0.05) is 48.4 Å². The van der Waals surface area contributed by atoms with Crippen molar-refractivity contribution in [3.05, 3.63) is 41.2 Å². The molecule has 230 valence electrons. The number of rotatable bonds is 4. The van der Waals surface area contributed by atoms with Gasteiger partial charge in [-0.25, -0.2) is 23.8 Å². The van der Waals surface area contributed by atoms with Crippen LogP contribution in [0, 0.1) is 24.1 Å². The molecule has 13 heteroatoms. The number of carbonyl (C=O) groups excluding carboxylic acids is 1. The van der Waals surface area contributed by atoms with Crippen LogP contribution in [0.2, 0.25) is 5.02 Å². The van der Waals surface area contributed by atoms with E-state index in [9.17, 15) is 10.1 Å². The van der Waals surface area contributed by atoms with Gasteiger partial charge in [0.25, 0.3) is 0 Å². The number of hydrogen-bond donors (Lipinski definition) is 0. The molecular weight excluding hydrogens is 587 g/mol. The Bertz CT molecular complexity index is 1780. The molecule has 3 aromatic heterocycles. The second-order valence-electron chi connectivity index (χ2n) is 12.2. The van der Waals surface area contributed by atoms with Crippen LogP contribution < -0.4 is 4.90 Å². The molecular formula is C31H34ClFN8O3. The highest BCUT2D eigenvalue weighted by atomic mass is 35.5. The predicted molar refractivity (Wildman–Crippen MR) is 164 cm³/mol. The highest BCUT2D eigenvalue weighted by Crippen LogP contribution is 2.40. The first-order chi connectivity index (χ1) is 21.1. The summed E-state index contributed by atoms with van der Waals surface area (Å²) in [4.78, 5) is 29.8. The van der Waals surface area contributed by atoms with Crippen molar-refractivity contribution in [1.82, 2.24) is 29.6 Å². The summed E-state index contributed by atoms with van der Waals surface area (Å²) >= 11 is 6.69. The van der Waals surface area contributed by atoms with Crippen LogP contribution in [0.1, 0.15) is 58.2 Å². The predicted octanol–water partition coefficient (Wildman–Crippen LogP) is 6.18. The number of carbonyl (C=O) groups is 1. The lowest BCUT2D eigenvalue weighted by Crippen LogP contribution is -2.56. The van der Waals surface area contributed by atoms with Crippen molar-refractivity contribution < 1.29 is 18.7 Å². The first-order valence-electron chi connectivity index (χ1n) is 14.8. The third-order valence-corrected chi connectivity index (χ3v) is 8.50. The number of benzene rings is 1. The van der Waals surface area contributed by atoms with Gasteiger partial charge in [0.1, 0.15) is 29.0 Å². The molecule has 0 saturated carbocycles. The van der Waals surface area contributed by atoms with E-state index in [1.54, 1.807) is 38.1 Å². The number of hydrogen-bond acceptors (Lipinski definition) is 9. The first kappa shape index (κ1) is 30.0. The minimum atomic E-state index is -0.662. The van der Waals surface area contributed by atoms with Crippen molar-refractivity contribution in [3.8, 4) is 17.3 Å². The molecule has 0 spiro atoms. The average molecular weight is 621 g/mol. The molecule has 2 saturated heterocycles. The lowest BCUT2D eigenvalue weighted by molar-refractivity contribution is -0.0366. The summed E-state index contributed by atoms with van der Waals surface area (Å²) in [6, 6.07) is 3.58. The SMILES string of the molecule is Cc1c(Cl)cc2c(cnn2C2CCCCO2)c1-c1ncc2c(N3CCN(C(=O)OC(C)(C)C)[C@@H](CC#N)C3)ncnc2c1F. The van der Waals surface area contributed by atoms with Crippen molar-refractivity contribution in [3.63, 3.8) is 0 Å². The van der Waals surface area contributed by atoms with E-state index in [4.69, 9.17) is 21.1 Å². The monoisotopic (exact) mass is 620 g/mol. The summed E-state index contributed by atoms with van der Waals surface area (Å²) in [6.07, 6.45) is 6.92. The van der Waals surface area contributed by atoms with Gasteiger partial charge in [-0.15, -0.1) is 0 Å². The lowest BCUT2D eigenvalue weighted by Gasteiger charge is -2.41. The van der Waals surface area contributed by atoms with Crippen LogP contribution in [-0.4, -0.2) is 73.6 Å². The summed E-state index contributed by atoms with van der Waals surface area (Å²) < 4.78 is 29.8. The molecule has 11 nitrogen and oxygen atoms in total. The number of pyridine rings is 1. The number of halogens is 2. The number of piperazine rings is 1. The van der Waals surface area contributed by atoms with Gasteiger partial charge in [-0.05, 0) is 58.6 Å². The molecule has 4 aromatic rings. The van der Waals surface area contributed by atoms with Crippen LogP contribution in [0.25, 0.3) is 33.1 Å². The van der Waals surface area contributed by atoms with Crippen LogP contribution in [0.5, 0.6) is 0 Å². The Morgan fingerprint density at radius 1 is 1.20 bits per heavy atom. The highest BCUT2D eigenvalue weighted by molar-refractivity contribution is 6.33. The summed E-state index contributed by atoms with van der Waals surface area (Å²) in [5, 5.41) is 15.7. The lowest BCUT2D eigenvalue weighted by atomic mass is 9.99. The molecule has 2 aliphatic heterocycles. The zero-order chi connectivity index (χ0) is 31.2. The van der Waals surface area contributed by atoms with E-state index >= 15 is 4.39 Å². The van der Waals surface area contributed by atoms with Crippen molar-refractivity contribution >= 4 is 45.3 Å². The van der Waals surface area contributed by atoms with E-state index < -0.39 is 23.6 Å². The standard InChI is InChI=1S/C31H34ClFN8O3/c1-18-22(32)13-23-20(15-38-41(23)24-7-5-6-12-43-24)25(18)28-26(33)27-21(14-35-28)29(37-17-36-27)39-10-11-40(19(16-39)8-9-34)30(42)44-31(2,3)4/h13-15,17,19,24H,5-8,10-12,16H2,1-4H3/t19-,24?/m0/s1. The number of anilines is 1. The number of fused-ring (bicyclic) bond motifs is 2. The average Bonchev–Trinajstić information content (AvgIpc) is 3.41. The smallest absolute Gasteiger partial charge is 0.410 e. The van der Waals surface area contributed by atoms with Gasteiger partial charge < -0.3 is 19.3 Å². The van der Waals surface area contributed by atoms with Gasteiger partial charge in [0.15, 0.2) is 12.0 Å². The molecule has 44 heavy (non-hydrogen) atoms. The maximum Gasteiger partial charge on any atom is 0.410 e. The Labute approximate surface area is 259 Å². The van der Waals surface area contributed by atoms with E-state index in [1.807, 2.05) is 22.6 Å². The van der Waals surface area contributed by atoms with E-state index in [0.29, 0.717) is 53.6 Å². The third-order valence-electron chi connectivity index (χ3n) is 8.10. The van der Waals surface area contributed by atoms with Crippen LogP contribution in [-0.2, 0) is 9.47 Å². The van der Waals surface area contributed by atoms with Gasteiger partial charge in [-0.1, -0.05) is 11.6 Å². The van der Waals surface area contributed by atoms with Gasteiger partial charge in [0.05, 0.1) is 35.6 Å². The van der Waals surface area contributed by atoms with Crippen molar-refractivity contribution in [2.45, 2.75) is 71.2 Å². The van der Waals surface area contributed by atoms with Crippen LogP contribution in [0.3, 0.4) is 0 Å². The largest absolute Gasteiger partial charge is 0.444 e. The number of nitrogens with zero attached hydrogens (tertiary/aromatic N) is 8. The molecule has 6 rings (SSSR count). The van der Waals surface area contributed by atoms with Crippen molar-refractivity contribution in [2.24, 2.45) is 0 Å². The molecule has 1 amide bonds. The maximum absolute atomic E-state index is 16.4. The molecule has 2 atom stereocenters. The number of ether oxygens (including phenoxy) is 2. The van der Waals surface area contributed by atoms with E-state index in [-0.39, 0.29) is 23.9 Å². The summed E-state index contributed by atoms with van der Waals surface area (Å²) in [5.41, 5.74) is 1.55. The van der Waals surface area contributed by atoms with Crippen LogP contribution in [0.4, 0.5) is 15.0 Å². The van der Waals surface area contributed by atoms with Crippen LogP contribution >= 0.6 is 11.6 Å². The summed E-state index contributed by atoms with van der Waals surface area (Å²) in [7, 11) is 0. The molecule has 1 aromatic carbocycles. The van der Waals surface area contributed by atoms with E-state index in [1.165, 1.54) is 6.33 Å². The topological polar surface area (TPSA) is 122 Å². The fourth-order valence-corrected chi connectivity index (χ4v) is 6.20. The molecule has 0 bridgehead atoms. The Balaban J connectivity index is 1.37. The third kappa shape index (κ3) is 5.50. The minimum absolute atomic E-state index is 0.110. The molecule has 0 N–H and O–H groups in total. The second-order valence-corrected chi connectivity index (χ2v) is 12.6. The first-order valence-corrected chi connectivity index (χ1v) is 15.1. The second kappa shape index (κ2) is 11.8. The van der Waals surface area contributed by atoms with Gasteiger partial charge in [-0.3, -0.25) is 4.98 Å². The Hall–Kier alpha value is -4.08. The number of amides is 1. The molecule has 1 unspecified atom stereocenters. The molecule has 0 radical (unpaired) electrons. The Kier molecular flexibility index (Phi) is 8.02. The van der Waals surface area contributed by atoms with Gasteiger partial charge in [-0.2, -0.15) is 10.4 Å². The fourth-order valence-electron chi connectivity index (χ4n) is 6.00. The summed E-state index contributed by atoms with van der Waals surface area (Å²) in [6.45, 7) is 8.95.